The summed E-state index contributed by atoms with van der Waals surface area (Å²) in [5, 5.41) is 7.53. The van der Waals surface area contributed by atoms with Crippen LogP contribution < -0.4 is 5.32 Å². The van der Waals surface area contributed by atoms with Gasteiger partial charge in [0, 0.05) is 39.1 Å². The average Bonchev–Trinajstić information content (AvgIpc) is 3.33. The molecule has 0 radical (unpaired) electrons. The van der Waals surface area contributed by atoms with E-state index >= 15 is 0 Å². The first-order valence-corrected chi connectivity index (χ1v) is 9.73. The van der Waals surface area contributed by atoms with Crippen LogP contribution in [-0.4, -0.2) is 15.9 Å². The lowest BCUT2D eigenvalue weighted by Gasteiger charge is -2.19. The summed E-state index contributed by atoms with van der Waals surface area (Å²) >= 11 is 0. The van der Waals surface area contributed by atoms with Crippen LogP contribution in [0.25, 0.3) is 43.6 Å². The molecule has 4 nitrogen and oxygen atoms in total. The molecule has 0 unspecified atom stereocenters. The van der Waals surface area contributed by atoms with Crippen LogP contribution in [0.2, 0.25) is 0 Å². The maximum absolute atomic E-state index is 12.8. The van der Waals surface area contributed by atoms with Crippen LogP contribution in [-0.2, 0) is 12.0 Å². The van der Waals surface area contributed by atoms with Crippen molar-refractivity contribution in [2.24, 2.45) is 0 Å². The molecule has 5 aromatic rings. The fraction of sp³-hybridized carbons (Fsp3) is 0.208. The smallest absolute Gasteiger partial charge is 0.252 e. The van der Waals surface area contributed by atoms with Crippen LogP contribution in [0.15, 0.2) is 42.5 Å². The number of aromatic amines is 2. The van der Waals surface area contributed by atoms with Crippen molar-refractivity contribution < 1.29 is 4.79 Å². The first kappa shape index (κ1) is 15.8. The van der Waals surface area contributed by atoms with Crippen LogP contribution in [0.1, 0.15) is 42.3 Å². The maximum atomic E-state index is 12.8. The zero-order valence-corrected chi connectivity index (χ0v) is 16.2. The minimum absolute atomic E-state index is 0.0213. The molecule has 3 heterocycles. The Labute approximate surface area is 161 Å². The summed E-state index contributed by atoms with van der Waals surface area (Å²) in [5.41, 5.74) is 7.56. The molecular formula is C24H21N3O. The van der Waals surface area contributed by atoms with E-state index in [0.717, 1.165) is 49.4 Å². The molecule has 138 valence electrons. The molecular weight excluding hydrogens is 346 g/mol. The number of fused-ring (bicyclic) bond motifs is 10. The van der Waals surface area contributed by atoms with Gasteiger partial charge in [-0.1, -0.05) is 45.0 Å². The Balaban J connectivity index is 1.88. The van der Waals surface area contributed by atoms with Crippen LogP contribution in [0.4, 0.5) is 0 Å². The SMILES string of the molecule is CC(C)(C)c1ccc2[nH]c3c4[nH]c5ccccc5c4c4c(c3c2c1)CNC4=O. The molecule has 0 atom stereocenters. The molecule has 0 fully saturated rings. The zero-order valence-electron chi connectivity index (χ0n) is 16.2. The first-order valence-electron chi connectivity index (χ1n) is 9.73. The molecule has 28 heavy (non-hydrogen) atoms. The van der Waals surface area contributed by atoms with E-state index in [1.807, 2.05) is 12.1 Å². The molecule has 0 saturated carbocycles. The fourth-order valence-electron chi connectivity index (χ4n) is 4.71. The molecule has 4 heteroatoms. The summed E-state index contributed by atoms with van der Waals surface area (Å²) in [6.45, 7) is 7.27. The van der Waals surface area contributed by atoms with Crippen LogP contribution in [0.3, 0.4) is 0 Å². The number of H-pyrrole nitrogens is 2. The van der Waals surface area contributed by atoms with E-state index in [1.165, 1.54) is 10.9 Å². The van der Waals surface area contributed by atoms with Crippen molar-refractivity contribution in [2.75, 3.05) is 0 Å². The quantitative estimate of drug-likeness (QED) is 0.333. The lowest BCUT2D eigenvalue weighted by Crippen LogP contribution is -2.12. The van der Waals surface area contributed by atoms with Gasteiger partial charge >= 0.3 is 0 Å². The van der Waals surface area contributed by atoms with Gasteiger partial charge in [-0.15, -0.1) is 0 Å². The first-order chi connectivity index (χ1) is 13.4. The monoisotopic (exact) mass is 367 g/mol. The lowest BCUT2D eigenvalue weighted by atomic mass is 9.86. The Morgan fingerprint density at radius 2 is 1.57 bits per heavy atom. The summed E-state index contributed by atoms with van der Waals surface area (Å²) in [6, 6.07) is 14.9. The van der Waals surface area contributed by atoms with E-state index in [9.17, 15) is 4.79 Å². The third kappa shape index (κ3) is 1.87. The molecule has 0 aliphatic carbocycles. The van der Waals surface area contributed by atoms with E-state index in [0.29, 0.717) is 6.54 Å². The Bertz CT molecular complexity index is 1460. The highest BCUT2D eigenvalue weighted by Gasteiger charge is 2.29. The van der Waals surface area contributed by atoms with Crippen molar-refractivity contribution in [1.82, 2.24) is 15.3 Å². The van der Waals surface area contributed by atoms with E-state index in [2.05, 4.69) is 66.4 Å². The second kappa shape index (κ2) is 4.96. The molecule has 6 rings (SSSR count). The molecule has 0 spiro atoms. The number of benzene rings is 3. The molecule has 1 aliphatic rings. The Hall–Kier alpha value is -3.27. The number of hydrogen-bond acceptors (Lipinski definition) is 1. The topological polar surface area (TPSA) is 60.7 Å². The Kier molecular flexibility index (Phi) is 2.79. The summed E-state index contributed by atoms with van der Waals surface area (Å²) in [7, 11) is 0. The van der Waals surface area contributed by atoms with Crippen molar-refractivity contribution >= 4 is 49.5 Å². The van der Waals surface area contributed by atoms with Crippen LogP contribution in [0, 0.1) is 0 Å². The molecule has 1 aliphatic heterocycles. The third-order valence-electron chi connectivity index (χ3n) is 6.13. The number of amides is 1. The van der Waals surface area contributed by atoms with Crippen molar-refractivity contribution in [3.63, 3.8) is 0 Å². The van der Waals surface area contributed by atoms with Crippen LogP contribution in [0.5, 0.6) is 0 Å². The lowest BCUT2D eigenvalue weighted by molar-refractivity contribution is 0.0967. The standard InChI is InChI=1S/C24H21N3O/c1-24(2,3)12-8-9-17-14(10-12)18-15-11-25-23(28)20(15)19-13-6-4-5-7-16(13)26-22(19)21(18)27-17/h4-10,26-27H,11H2,1-3H3,(H,25,28). The number of aromatic nitrogens is 2. The predicted octanol–water partition coefficient (Wildman–Crippen LogP) is 5.50. The van der Waals surface area contributed by atoms with Gasteiger partial charge in [0.1, 0.15) is 0 Å². The number of carbonyl (C=O) groups excluding carboxylic acids is 1. The second-order valence-electron chi connectivity index (χ2n) is 8.84. The maximum Gasteiger partial charge on any atom is 0.252 e. The average molecular weight is 367 g/mol. The number of hydrogen-bond donors (Lipinski definition) is 3. The van der Waals surface area contributed by atoms with Crippen molar-refractivity contribution in [3.05, 3.63) is 59.2 Å². The molecule has 1 amide bonds. The molecule has 0 saturated heterocycles. The van der Waals surface area contributed by atoms with E-state index in [4.69, 9.17) is 0 Å². The van der Waals surface area contributed by atoms with Crippen LogP contribution >= 0.6 is 0 Å². The summed E-state index contributed by atoms with van der Waals surface area (Å²) in [6.07, 6.45) is 0. The van der Waals surface area contributed by atoms with Gasteiger partial charge in [0.15, 0.2) is 0 Å². The number of para-hydroxylation sites is 1. The minimum Gasteiger partial charge on any atom is -0.353 e. The van der Waals surface area contributed by atoms with Gasteiger partial charge in [0.25, 0.3) is 5.91 Å². The van der Waals surface area contributed by atoms with Gasteiger partial charge in [0.05, 0.1) is 16.6 Å². The number of carbonyl (C=O) groups is 1. The predicted molar refractivity (Wildman–Crippen MR) is 115 cm³/mol. The third-order valence-corrected chi connectivity index (χ3v) is 6.13. The van der Waals surface area contributed by atoms with E-state index in [-0.39, 0.29) is 11.3 Å². The van der Waals surface area contributed by atoms with E-state index in [1.54, 1.807) is 0 Å². The zero-order chi connectivity index (χ0) is 19.2. The molecule has 3 aromatic carbocycles. The van der Waals surface area contributed by atoms with Crippen molar-refractivity contribution in [2.45, 2.75) is 32.7 Å². The largest absolute Gasteiger partial charge is 0.353 e. The Morgan fingerprint density at radius 1 is 0.857 bits per heavy atom. The molecule has 3 N–H and O–H groups in total. The van der Waals surface area contributed by atoms with Gasteiger partial charge in [-0.25, -0.2) is 0 Å². The highest BCUT2D eigenvalue weighted by Crippen LogP contribution is 2.42. The van der Waals surface area contributed by atoms with Crippen molar-refractivity contribution in [3.8, 4) is 0 Å². The fourth-order valence-corrected chi connectivity index (χ4v) is 4.71. The normalized spacial score (nSPS) is 14.5. The molecule has 2 aromatic heterocycles. The highest BCUT2D eigenvalue weighted by atomic mass is 16.1. The van der Waals surface area contributed by atoms with Crippen molar-refractivity contribution in [1.29, 1.82) is 0 Å². The highest BCUT2D eigenvalue weighted by molar-refractivity contribution is 6.30. The van der Waals surface area contributed by atoms with Gasteiger partial charge in [-0.2, -0.15) is 0 Å². The summed E-state index contributed by atoms with van der Waals surface area (Å²) < 4.78 is 0. The van der Waals surface area contributed by atoms with Gasteiger partial charge < -0.3 is 15.3 Å². The van der Waals surface area contributed by atoms with Gasteiger partial charge in [-0.05, 0) is 34.7 Å². The van der Waals surface area contributed by atoms with E-state index < -0.39 is 0 Å². The number of rotatable bonds is 0. The number of nitrogens with one attached hydrogen (secondary N) is 3. The second-order valence-corrected chi connectivity index (χ2v) is 8.84. The Morgan fingerprint density at radius 3 is 2.36 bits per heavy atom. The van der Waals surface area contributed by atoms with Gasteiger partial charge in [-0.3, -0.25) is 4.79 Å². The molecule has 0 bridgehead atoms. The summed E-state index contributed by atoms with van der Waals surface area (Å²) in [4.78, 5) is 20.0. The van der Waals surface area contributed by atoms with Gasteiger partial charge in [0.2, 0.25) is 0 Å². The summed E-state index contributed by atoms with van der Waals surface area (Å²) in [5.74, 6) is 0.0213. The minimum atomic E-state index is 0.0213.